The van der Waals surface area contributed by atoms with Gasteiger partial charge in [0.2, 0.25) is 10.0 Å². The van der Waals surface area contributed by atoms with E-state index < -0.39 is 10.0 Å². The summed E-state index contributed by atoms with van der Waals surface area (Å²) in [7, 11) is -3.61. The number of halogens is 1. The maximum Gasteiger partial charge on any atom is 0.245 e. The molecule has 1 aromatic heterocycles. The van der Waals surface area contributed by atoms with Crippen LogP contribution in [0.1, 0.15) is 19.8 Å². The van der Waals surface area contributed by atoms with Crippen molar-refractivity contribution in [1.29, 1.82) is 0 Å². The molecule has 0 N–H and O–H groups in total. The summed E-state index contributed by atoms with van der Waals surface area (Å²) < 4.78 is 41.6. The summed E-state index contributed by atoms with van der Waals surface area (Å²) >= 11 is 7.05. The summed E-state index contributed by atoms with van der Waals surface area (Å²) in [4.78, 5) is 0.190. The normalized spacial score (nSPS) is 29.0. The number of sulfonamides is 1. The third-order valence-corrected chi connectivity index (χ3v) is 7.46. The molecule has 2 aliphatic heterocycles. The quantitative estimate of drug-likeness (QED) is 0.808. The van der Waals surface area contributed by atoms with E-state index in [1.54, 1.807) is 10.4 Å². The second-order valence-electron chi connectivity index (χ2n) is 6.42. The molecule has 1 spiro atoms. The van der Waals surface area contributed by atoms with Gasteiger partial charge in [-0.15, -0.1) is 0 Å². The van der Waals surface area contributed by atoms with Crippen LogP contribution in [0.2, 0.25) is 5.02 Å². The SMILES string of the molecule is C[C@@H]1C[C@@]2(CCN(S(=O)(=O)c3ccc(Cl)c4nsnc34)C2)CO1. The number of nitrogens with zero attached hydrogens (tertiary/aromatic N) is 3. The smallest absolute Gasteiger partial charge is 0.245 e. The maximum atomic E-state index is 13.1. The molecule has 2 fully saturated rings. The average molecular weight is 374 g/mol. The lowest BCUT2D eigenvalue weighted by molar-refractivity contribution is 0.108. The van der Waals surface area contributed by atoms with Gasteiger partial charge in [-0.1, -0.05) is 11.6 Å². The fraction of sp³-hybridized carbons (Fsp3) is 0.571. The van der Waals surface area contributed by atoms with E-state index in [9.17, 15) is 8.42 Å². The lowest BCUT2D eigenvalue weighted by Gasteiger charge is -2.22. The van der Waals surface area contributed by atoms with E-state index in [2.05, 4.69) is 8.75 Å². The Kier molecular flexibility index (Phi) is 3.66. The number of rotatable bonds is 2. The molecule has 2 saturated heterocycles. The van der Waals surface area contributed by atoms with E-state index in [0.29, 0.717) is 35.8 Å². The molecule has 0 saturated carbocycles. The first-order chi connectivity index (χ1) is 10.9. The first-order valence-electron chi connectivity index (χ1n) is 7.44. The van der Waals surface area contributed by atoms with Crippen molar-refractivity contribution in [1.82, 2.24) is 13.1 Å². The molecule has 4 rings (SSSR count). The minimum absolute atomic E-state index is 0.0433. The molecule has 124 valence electrons. The van der Waals surface area contributed by atoms with E-state index in [1.165, 1.54) is 6.07 Å². The largest absolute Gasteiger partial charge is 0.378 e. The molecule has 0 bridgehead atoms. The molecule has 23 heavy (non-hydrogen) atoms. The van der Waals surface area contributed by atoms with Crippen LogP contribution in [0.4, 0.5) is 0 Å². The van der Waals surface area contributed by atoms with Gasteiger partial charge in [0.25, 0.3) is 0 Å². The van der Waals surface area contributed by atoms with E-state index in [1.807, 2.05) is 6.92 Å². The van der Waals surface area contributed by atoms with Crippen LogP contribution < -0.4 is 0 Å². The van der Waals surface area contributed by atoms with Gasteiger partial charge in [-0.3, -0.25) is 0 Å². The molecule has 2 aromatic rings. The monoisotopic (exact) mass is 373 g/mol. The van der Waals surface area contributed by atoms with Gasteiger partial charge in [-0.25, -0.2) is 8.42 Å². The molecule has 3 heterocycles. The van der Waals surface area contributed by atoms with Gasteiger partial charge in [-0.2, -0.15) is 13.1 Å². The van der Waals surface area contributed by atoms with Crippen molar-refractivity contribution in [3.8, 4) is 0 Å². The van der Waals surface area contributed by atoms with Crippen molar-refractivity contribution in [2.45, 2.75) is 30.8 Å². The average Bonchev–Trinajstić information content (AvgIpc) is 3.20. The Labute approximate surface area is 143 Å². The molecule has 0 radical (unpaired) electrons. The summed E-state index contributed by atoms with van der Waals surface area (Å²) in [5.74, 6) is 0. The van der Waals surface area contributed by atoms with Crippen LogP contribution in [0.3, 0.4) is 0 Å². The zero-order valence-corrected chi connectivity index (χ0v) is 14.9. The van der Waals surface area contributed by atoms with E-state index in [0.717, 1.165) is 24.6 Å². The topological polar surface area (TPSA) is 72.4 Å². The van der Waals surface area contributed by atoms with Crippen molar-refractivity contribution in [2.75, 3.05) is 19.7 Å². The Morgan fingerprint density at radius 1 is 1.39 bits per heavy atom. The van der Waals surface area contributed by atoms with Crippen LogP contribution in [0.5, 0.6) is 0 Å². The molecule has 1 aromatic carbocycles. The highest BCUT2D eigenvalue weighted by molar-refractivity contribution is 7.89. The van der Waals surface area contributed by atoms with Crippen LogP contribution in [-0.2, 0) is 14.8 Å². The second kappa shape index (κ2) is 5.35. The van der Waals surface area contributed by atoms with Gasteiger partial charge in [0.1, 0.15) is 15.9 Å². The van der Waals surface area contributed by atoms with Crippen LogP contribution in [0.25, 0.3) is 11.0 Å². The number of benzene rings is 1. The molecule has 2 aliphatic rings. The van der Waals surface area contributed by atoms with E-state index in [4.69, 9.17) is 16.3 Å². The highest BCUT2D eigenvalue weighted by atomic mass is 35.5. The predicted octanol–water partition coefficient (Wildman–Crippen LogP) is 2.53. The summed E-state index contributed by atoms with van der Waals surface area (Å²) in [5.41, 5.74) is 0.766. The Balaban J connectivity index is 1.71. The number of hydrogen-bond donors (Lipinski definition) is 0. The maximum absolute atomic E-state index is 13.1. The molecule has 9 heteroatoms. The van der Waals surface area contributed by atoms with Crippen molar-refractivity contribution in [3.05, 3.63) is 17.2 Å². The highest BCUT2D eigenvalue weighted by Gasteiger charge is 2.47. The number of ether oxygens (including phenoxy) is 1. The molecule has 0 unspecified atom stereocenters. The first kappa shape index (κ1) is 15.7. The Hall–Kier alpha value is -0.800. The van der Waals surface area contributed by atoms with Gasteiger partial charge in [0, 0.05) is 18.5 Å². The van der Waals surface area contributed by atoms with Crippen molar-refractivity contribution in [2.24, 2.45) is 5.41 Å². The van der Waals surface area contributed by atoms with Crippen molar-refractivity contribution < 1.29 is 13.2 Å². The van der Waals surface area contributed by atoms with Crippen molar-refractivity contribution in [3.63, 3.8) is 0 Å². The molecule has 0 aliphatic carbocycles. The molecule has 0 amide bonds. The standard InChI is InChI=1S/C14H16ClN3O3S2/c1-9-6-14(8-21-9)4-5-18(7-14)23(19,20)11-3-2-10(15)12-13(11)17-22-16-12/h2-3,9H,4-8H2,1H3/t9-,14-/m1/s1. The molecular formula is C14H16ClN3O3S2. The van der Waals surface area contributed by atoms with Gasteiger partial charge in [-0.05, 0) is 31.9 Å². The number of aromatic nitrogens is 2. The predicted molar refractivity (Wildman–Crippen MR) is 88.3 cm³/mol. The fourth-order valence-electron chi connectivity index (χ4n) is 3.59. The number of hydrogen-bond acceptors (Lipinski definition) is 6. The fourth-order valence-corrected chi connectivity index (χ4v) is 6.15. The Bertz CT molecular complexity index is 869. The third-order valence-electron chi connectivity index (χ3n) is 4.74. The molecular weight excluding hydrogens is 358 g/mol. The van der Waals surface area contributed by atoms with E-state index in [-0.39, 0.29) is 16.4 Å². The summed E-state index contributed by atoms with van der Waals surface area (Å²) in [6.07, 6.45) is 1.94. The molecule has 6 nitrogen and oxygen atoms in total. The van der Waals surface area contributed by atoms with Crippen LogP contribution in [-0.4, -0.2) is 47.3 Å². The number of fused-ring (bicyclic) bond motifs is 1. The highest BCUT2D eigenvalue weighted by Crippen LogP contribution is 2.43. The third kappa shape index (κ3) is 2.47. The van der Waals surface area contributed by atoms with Crippen LogP contribution in [0.15, 0.2) is 17.0 Å². The lowest BCUT2D eigenvalue weighted by Crippen LogP contribution is -2.32. The van der Waals surface area contributed by atoms with Gasteiger partial charge >= 0.3 is 0 Å². The summed E-state index contributed by atoms with van der Waals surface area (Å²) in [5, 5.41) is 0.420. The van der Waals surface area contributed by atoms with Crippen molar-refractivity contribution >= 4 is 44.4 Å². The van der Waals surface area contributed by atoms with Crippen LogP contribution in [0, 0.1) is 5.41 Å². The summed E-state index contributed by atoms with van der Waals surface area (Å²) in [6.45, 7) is 3.69. The van der Waals surface area contributed by atoms with Gasteiger partial charge in [0.05, 0.1) is 29.5 Å². The summed E-state index contributed by atoms with van der Waals surface area (Å²) in [6, 6.07) is 3.10. The Morgan fingerprint density at radius 3 is 2.91 bits per heavy atom. The van der Waals surface area contributed by atoms with Crippen LogP contribution >= 0.6 is 23.3 Å². The zero-order chi connectivity index (χ0) is 16.2. The molecule has 2 atom stereocenters. The first-order valence-corrected chi connectivity index (χ1v) is 9.99. The van der Waals surface area contributed by atoms with Gasteiger partial charge < -0.3 is 4.74 Å². The van der Waals surface area contributed by atoms with Gasteiger partial charge in [0.15, 0.2) is 0 Å². The lowest BCUT2D eigenvalue weighted by atomic mass is 9.85. The second-order valence-corrected chi connectivity index (χ2v) is 9.26. The minimum atomic E-state index is -3.61. The Morgan fingerprint density at radius 2 is 2.17 bits per heavy atom. The minimum Gasteiger partial charge on any atom is -0.378 e. The van der Waals surface area contributed by atoms with E-state index >= 15 is 0 Å². The zero-order valence-electron chi connectivity index (χ0n) is 12.5.